The maximum absolute atomic E-state index is 13.6. The van der Waals surface area contributed by atoms with Crippen LogP contribution in [-0.4, -0.2) is 27.7 Å². The highest BCUT2D eigenvalue weighted by molar-refractivity contribution is 6.31. The van der Waals surface area contributed by atoms with Crippen LogP contribution in [0.4, 0.5) is 10.1 Å². The number of aromatic nitrogens is 3. The predicted molar refractivity (Wildman–Crippen MR) is 84.0 cm³/mol. The normalized spacial score (nSPS) is 10.7. The van der Waals surface area contributed by atoms with Gasteiger partial charge in [0.25, 0.3) is 5.91 Å². The molecule has 1 heterocycles. The van der Waals surface area contributed by atoms with Crippen LogP contribution >= 0.6 is 23.2 Å². The van der Waals surface area contributed by atoms with Gasteiger partial charge in [-0.25, -0.2) is 4.39 Å². The summed E-state index contributed by atoms with van der Waals surface area (Å²) in [7, 11) is 0. The lowest BCUT2D eigenvalue weighted by Crippen LogP contribution is -2.26. The molecule has 0 aliphatic heterocycles. The molecule has 3 aromatic rings. The van der Waals surface area contributed by atoms with Gasteiger partial charge in [-0.2, -0.15) is 0 Å². The second kappa shape index (κ2) is 6.39. The minimum Gasteiger partial charge on any atom is -0.385 e. The number of hydrogen-bond acceptors (Lipinski definition) is 4. The lowest BCUT2D eigenvalue weighted by Gasteiger charge is -2.08. The standard InChI is InChI=1S/C14H9Cl2FN4O2/c15-8-1-3-11(10(17)5-8)18-14(22)7-23-21-13-6-9(16)2-4-12(13)19-20-21/h1-6H,7H2,(H,18,22). The molecule has 0 radical (unpaired) electrons. The predicted octanol–water partition coefficient (Wildman–Crippen LogP) is 2.94. The fourth-order valence-electron chi connectivity index (χ4n) is 1.86. The fourth-order valence-corrected chi connectivity index (χ4v) is 2.19. The fraction of sp³-hybridized carbons (Fsp3) is 0.0714. The smallest absolute Gasteiger partial charge is 0.265 e. The van der Waals surface area contributed by atoms with Gasteiger partial charge in [0.15, 0.2) is 6.61 Å². The number of benzene rings is 2. The maximum Gasteiger partial charge on any atom is 0.265 e. The summed E-state index contributed by atoms with van der Waals surface area (Å²) in [5.41, 5.74) is 1.09. The third-order valence-corrected chi connectivity index (χ3v) is 3.37. The monoisotopic (exact) mass is 354 g/mol. The van der Waals surface area contributed by atoms with E-state index in [0.717, 1.165) is 10.9 Å². The number of nitrogens with zero attached hydrogens (tertiary/aromatic N) is 3. The maximum atomic E-state index is 13.6. The summed E-state index contributed by atoms with van der Waals surface area (Å²) in [6.45, 7) is -0.382. The van der Waals surface area contributed by atoms with E-state index in [1.165, 1.54) is 12.1 Å². The number of nitrogens with one attached hydrogen (secondary N) is 1. The molecule has 6 nitrogen and oxygen atoms in total. The lowest BCUT2D eigenvalue weighted by molar-refractivity contribution is -0.121. The molecule has 0 saturated heterocycles. The van der Waals surface area contributed by atoms with Gasteiger partial charge in [-0.3, -0.25) is 4.79 Å². The molecule has 0 fully saturated rings. The number of fused-ring (bicyclic) bond motifs is 1. The van der Waals surface area contributed by atoms with Crippen molar-refractivity contribution in [3.63, 3.8) is 0 Å². The molecule has 3 rings (SSSR count). The summed E-state index contributed by atoms with van der Waals surface area (Å²) in [5, 5.41) is 10.7. The van der Waals surface area contributed by atoms with E-state index < -0.39 is 11.7 Å². The van der Waals surface area contributed by atoms with E-state index in [0.29, 0.717) is 16.1 Å². The highest BCUT2D eigenvalue weighted by Crippen LogP contribution is 2.19. The Morgan fingerprint density at radius 3 is 2.74 bits per heavy atom. The van der Waals surface area contributed by atoms with Crippen molar-refractivity contribution in [2.75, 3.05) is 11.9 Å². The van der Waals surface area contributed by atoms with E-state index in [4.69, 9.17) is 28.0 Å². The number of halogens is 3. The highest BCUT2D eigenvalue weighted by atomic mass is 35.5. The second-order valence-electron chi connectivity index (χ2n) is 4.54. The average molecular weight is 355 g/mol. The van der Waals surface area contributed by atoms with Gasteiger partial charge < -0.3 is 10.2 Å². The van der Waals surface area contributed by atoms with E-state index in [9.17, 15) is 9.18 Å². The van der Waals surface area contributed by atoms with Gasteiger partial charge in [0.05, 0.1) is 5.69 Å². The van der Waals surface area contributed by atoms with E-state index in [1.54, 1.807) is 18.2 Å². The number of amides is 1. The minimum absolute atomic E-state index is 0.00879. The van der Waals surface area contributed by atoms with Crippen LogP contribution in [0.5, 0.6) is 0 Å². The van der Waals surface area contributed by atoms with Crippen molar-refractivity contribution in [1.82, 2.24) is 15.2 Å². The molecule has 0 aliphatic carbocycles. The third kappa shape index (κ3) is 3.52. The number of anilines is 1. The highest BCUT2D eigenvalue weighted by Gasteiger charge is 2.11. The van der Waals surface area contributed by atoms with Crippen molar-refractivity contribution in [3.05, 3.63) is 52.3 Å². The first-order valence-corrected chi connectivity index (χ1v) is 7.18. The Balaban J connectivity index is 1.67. The third-order valence-electron chi connectivity index (χ3n) is 2.90. The second-order valence-corrected chi connectivity index (χ2v) is 5.41. The first-order valence-electron chi connectivity index (χ1n) is 6.42. The van der Waals surface area contributed by atoms with Crippen LogP contribution in [0, 0.1) is 5.82 Å². The van der Waals surface area contributed by atoms with Gasteiger partial charge in [-0.1, -0.05) is 28.0 Å². The number of carbonyl (C=O) groups excluding carboxylic acids is 1. The summed E-state index contributed by atoms with van der Waals surface area (Å²) >= 11 is 11.5. The molecule has 1 aromatic heterocycles. The van der Waals surface area contributed by atoms with Crippen LogP contribution in [0.2, 0.25) is 10.0 Å². The van der Waals surface area contributed by atoms with Crippen molar-refractivity contribution in [1.29, 1.82) is 0 Å². The summed E-state index contributed by atoms with van der Waals surface area (Å²) in [6.07, 6.45) is 0. The van der Waals surface area contributed by atoms with Crippen LogP contribution in [0.25, 0.3) is 11.0 Å². The van der Waals surface area contributed by atoms with Crippen molar-refractivity contribution < 1.29 is 14.0 Å². The minimum atomic E-state index is -0.635. The zero-order valence-electron chi connectivity index (χ0n) is 11.5. The Kier molecular flexibility index (Phi) is 4.31. The first-order chi connectivity index (χ1) is 11.0. The molecule has 0 saturated carbocycles. The molecule has 23 heavy (non-hydrogen) atoms. The van der Waals surface area contributed by atoms with Crippen LogP contribution in [0.1, 0.15) is 0 Å². The Morgan fingerprint density at radius 1 is 1.22 bits per heavy atom. The zero-order valence-corrected chi connectivity index (χ0v) is 13.0. The average Bonchev–Trinajstić information content (AvgIpc) is 2.90. The molecule has 9 heteroatoms. The van der Waals surface area contributed by atoms with E-state index in [1.807, 2.05) is 0 Å². The SMILES string of the molecule is O=C(COn1nnc2ccc(Cl)cc21)Nc1ccc(Cl)cc1F. The molecule has 0 bridgehead atoms. The molecule has 1 N–H and O–H groups in total. The topological polar surface area (TPSA) is 69.0 Å². The van der Waals surface area contributed by atoms with Crippen molar-refractivity contribution in [3.8, 4) is 0 Å². The lowest BCUT2D eigenvalue weighted by atomic mass is 10.3. The van der Waals surface area contributed by atoms with E-state index in [-0.39, 0.29) is 17.3 Å². The summed E-state index contributed by atoms with van der Waals surface area (Å²) in [6, 6.07) is 8.87. The molecular weight excluding hydrogens is 346 g/mol. The molecule has 2 aromatic carbocycles. The molecule has 0 aliphatic rings. The van der Waals surface area contributed by atoms with E-state index >= 15 is 0 Å². The summed E-state index contributed by atoms with van der Waals surface area (Å²) < 4.78 is 13.6. The molecular formula is C14H9Cl2FN4O2. The summed E-state index contributed by atoms with van der Waals surface area (Å²) in [5.74, 6) is -1.19. The van der Waals surface area contributed by atoms with Gasteiger partial charge in [-0.05, 0) is 41.6 Å². The van der Waals surface area contributed by atoms with Crippen LogP contribution in [-0.2, 0) is 4.79 Å². The van der Waals surface area contributed by atoms with Gasteiger partial charge in [0.2, 0.25) is 0 Å². The Morgan fingerprint density at radius 2 is 1.96 bits per heavy atom. The van der Waals surface area contributed by atoms with E-state index in [2.05, 4.69) is 15.6 Å². The van der Waals surface area contributed by atoms with Gasteiger partial charge >= 0.3 is 0 Å². The Bertz CT molecular complexity index is 884. The molecule has 0 spiro atoms. The number of carbonyl (C=O) groups is 1. The first kappa shape index (κ1) is 15.5. The van der Waals surface area contributed by atoms with Crippen LogP contribution in [0.3, 0.4) is 0 Å². The van der Waals surface area contributed by atoms with Crippen LogP contribution < -0.4 is 10.2 Å². The van der Waals surface area contributed by atoms with Gasteiger partial charge in [-0.15, -0.1) is 5.10 Å². The Labute approximate surface area is 139 Å². The molecule has 0 unspecified atom stereocenters. The van der Waals surface area contributed by atoms with Crippen molar-refractivity contribution in [2.45, 2.75) is 0 Å². The quantitative estimate of drug-likeness (QED) is 0.781. The number of hydrogen-bond donors (Lipinski definition) is 1. The molecule has 0 atom stereocenters. The van der Waals surface area contributed by atoms with Crippen molar-refractivity contribution in [2.24, 2.45) is 0 Å². The van der Waals surface area contributed by atoms with Gasteiger partial charge in [0, 0.05) is 10.0 Å². The van der Waals surface area contributed by atoms with Crippen molar-refractivity contribution >= 4 is 45.8 Å². The summed E-state index contributed by atoms with van der Waals surface area (Å²) in [4.78, 5) is 18.1. The zero-order chi connectivity index (χ0) is 16.4. The largest absolute Gasteiger partial charge is 0.385 e. The molecule has 1 amide bonds. The molecule has 118 valence electrons. The Hall–Kier alpha value is -2.38. The van der Waals surface area contributed by atoms with Crippen LogP contribution in [0.15, 0.2) is 36.4 Å². The van der Waals surface area contributed by atoms with Gasteiger partial charge in [0.1, 0.15) is 16.9 Å². The number of rotatable bonds is 4.